The number of quaternary nitrogens is 1. The summed E-state index contributed by atoms with van der Waals surface area (Å²) in [6.07, 6.45) is 4.19. The summed E-state index contributed by atoms with van der Waals surface area (Å²) in [6, 6.07) is 4.31. The van der Waals surface area contributed by atoms with Gasteiger partial charge in [-0.25, -0.2) is 0 Å². The maximum absolute atomic E-state index is 12.2. The molecule has 2 aromatic heterocycles. The number of rotatable bonds is 6. The molecular weight excluding hydrogens is 330 g/mol. The molecule has 2 atom stereocenters. The van der Waals surface area contributed by atoms with Crippen LogP contribution >= 0.6 is 23.1 Å². The molecule has 6 nitrogen and oxygen atoms in total. The Morgan fingerprint density at radius 2 is 2.43 bits per heavy atom. The first-order valence-electron chi connectivity index (χ1n) is 7.76. The van der Waals surface area contributed by atoms with Crippen molar-refractivity contribution in [2.75, 3.05) is 19.3 Å². The Kier molecular flexibility index (Phi) is 5.34. The predicted octanol–water partition coefficient (Wildman–Crippen LogP) is 0.635. The van der Waals surface area contributed by atoms with E-state index in [4.69, 9.17) is 0 Å². The number of thiophene rings is 1. The Bertz CT molecular complexity index is 655. The average molecular weight is 353 g/mol. The molecule has 1 amide bonds. The molecule has 8 heteroatoms. The third-order valence-corrected chi connectivity index (χ3v) is 5.87. The van der Waals surface area contributed by atoms with Gasteiger partial charge in [-0.1, -0.05) is 17.8 Å². The van der Waals surface area contributed by atoms with Crippen molar-refractivity contribution in [2.45, 2.75) is 30.6 Å². The molecule has 0 saturated carbocycles. The number of hydrogen-bond donors (Lipinski definition) is 2. The molecule has 0 radical (unpaired) electrons. The number of nitrogens with one attached hydrogen (secondary N) is 2. The summed E-state index contributed by atoms with van der Waals surface area (Å²) in [5.74, 6) is 1.10. The van der Waals surface area contributed by atoms with Crippen molar-refractivity contribution < 1.29 is 9.69 Å². The third-order valence-electron chi connectivity index (χ3n) is 4.27. The Hall–Kier alpha value is -1.38. The second-order valence-corrected chi connectivity index (χ2v) is 7.55. The summed E-state index contributed by atoms with van der Waals surface area (Å²) in [4.78, 5) is 14.7. The minimum Gasteiger partial charge on any atom is -0.346 e. The van der Waals surface area contributed by atoms with Crippen molar-refractivity contribution >= 4 is 29.0 Å². The van der Waals surface area contributed by atoms with E-state index >= 15 is 0 Å². The van der Waals surface area contributed by atoms with E-state index in [9.17, 15) is 4.79 Å². The van der Waals surface area contributed by atoms with Gasteiger partial charge in [-0.3, -0.25) is 4.79 Å². The fraction of sp³-hybridized carbons (Fsp3) is 0.533. The molecule has 0 bridgehead atoms. The molecule has 2 aromatic rings. The molecule has 0 aliphatic carbocycles. The fourth-order valence-corrected chi connectivity index (χ4v) is 4.24. The van der Waals surface area contributed by atoms with E-state index in [-0.39, 0.29) is 11.9 Å². The Labute approximate surface area is 144 Å². The van der Waals surface area contributed by atoms with E-state index < -0.39 is 0 Å². The van der Waals surface area contributed by atoms with Crippen molar-refractivity contribution in [1.82, 2.24) is 20.1 Å². The second-order valence-electron chi connectivity index (χ2n) is 5.74. The van der Waals surface area contributed by atoms with Crippen LogP contribution in [0.1, 0.15) is 29.6 Å². The second kappa shape index (κ2) is 7.46. The van der Waals surface area contributed by atoms with Crippen molar-refractivity contribution in [2.24, 2.45) is 7.05 Å². The lowest BCUT2D eigenvalue weighted by molar-refractivity contribution is -0.911. The normalized spacial score (nSPS) is 20.8. The topological polar surface area (TPSA) is 64.2 Å². The fourth-order valence-electron chi connectivity index (χ4n) is 3.11. The van der Waals surface area contributed by atoms with E-state index in [1.54, 1.807) is 23.1 Å². The van der Waals surface area contributed by atoms with Crippen LogP contribution in [0.15, 0.2) is 22.7 Å². The van der Waals surface area contributed by atoms with Gasteiger partial charge in [0.25, 0.3) is 5.91 Å². The Balaban J connectivity index is 1.60. The highest BCUT2D eigenvalue weighted by molar-refractivity contribution is 7.98. The zero-order valence-corrected chi connectivity index (χ0v) is 15.0. The third kappa shape index (κ3) is 3.76. The summed E-state index contributed by atoms with van der Waals surface area (Å²) >= 11 is 3.27. The maximum atomic E-state index is 12.2. The molecule has 0 aromatic carbocycles. The van der Waals surface area contributed by atoms with E-state index in [0.717, 1.165) is 30.4 Å². The van der Waals surface area contributed by atoms with E-state index in [0.29, 0.717) is 13.1 Å². The molecule has 1 aliphatic heterocycles. The number of hydrogen-bond acceptors (Lipinski definition) is 5. The molecule has 1 aliphatic rings. The molecule has 0 spiro atoms. The number of likely N-dealkylation sites (tertiary alicyclic amines) is 1. The van der Waals surface area contributed by atoms with Crippen molar-refractivity contribution in [3.63, 3.8) is 0 Å². The highest BCUT2D eigenvalue weighted by Gasteiger charge is 2.35. The largest absolute Gasteiger partial charge is 0.346 e. The van der Waals surface area contributed by atoms with Gasteiger partial charge in [0.1, 0.15) is 6.04 Å². The summed E-state index contributed by atoms with van der Waals surface area (Å²) in [7, 11) is 2.01. The van der Waals surface area contributed by atoms with Crippen LogP contribution in [0, 0.1) is 0 Å². The molecule has 124 valence electrons. The summed E-state index contributed by atoms with van der Waals surface area (Å²) in [5, 5.41) is 14.6. The van der Waals surface area contributed by atoms with E-state index in [2.05, 4.69) is 20.1 Å². The van der Waals surface area contributed by atoms with Crippen molar-refractivity contribution in [3.05, 3.63) is 28.2 Å². The lowest BCUT2D eigenvalue weighted by Crippen LogP contribution is -3.11. The monoisotopic (exact) mass is 352 g/mol. The number of thioether (sulfide) groups is 1. The van der Waals surface area contributed by atoms with Gasteiger partial charge in [-0.15, -0.1) is 21.5 Å². The van der Waals surface area contributed by atoms with Crippen LogP contribution in [0.4, 0.5) is 0 Å². The van der Waals surface area contributed by atoms with Crippen molar-refractivity contribution in [1.29, 1.82) is 0 Å². The van der Waals surface area contributed by atoms with Gasteiger partial charge in [0, 0.05) is 24.8 Å². The highest BCUT2D eigenvalue weighted by atomic mass is 32.2. The minimum absolute atomic E-state index is 0.104. The lowest BCUT2D eigenvalue weighted by Gasteiger charge is -2.20. The van der Waals surface area contributed by atoms with Crippen LogP contribution in [0.3, 0.4) is 0 Å². The van der Waals surface area contributed by atoms with Gasteiger partial charge >= 0.3 is 0 Å². The molecule has 2 N–H and O–H groups in total. The average Bonchev–Trinajstić information content (AvgIpc) is 3.26. The van der Waals surface area contributed by atoms with Gasteiger partial charge in [0.15, 0.2) is 17.5 Å². The molecule has 1 unspecified atom stereocenters. The van der Waals surface area contributed by atoms with Crippen molar-refractivity contribution in [3.8, 4) is 0 Å². The first-order chi connectivity index (χ1) is 11.2. The zero-order chi connectivity index (χ0) is 16.2. The van der Waals surface area contributed by atoms with E-state index in [1.807, 2.05) is 30.8 Å². The molecule has 1 saturated heterocycles. The minimum atomic E-state index is 0.104. The summed E-state index contributed by atoms with van der Waals surface area (Å²) in [5.41, 5.74) is 0. The van der Waals surface area contributed by atoms with Crippen LogP contribution in [0.2, 0.25) is 0 Å². The SMILES string of the molecule is CSc1nnc([C@@H]2CCC[NH+]2CC(=O)NCc2cccs2)n1C. The van der Waals surface area contributed by atoms with Gasteiger partial charge in [0.2, 0.25) is 0 Å². The first-order valence-corrected chi connectivity index (χ1v) is 9.86. The first kappa shape index (κ1) is 16.5. The number of nitrogens with zero attached hydrogens (tertiary/aromatic N) is 3. The number of carbonyl (C=O) groups excluding carboxylic acids is 1. The number of aromatic nitrogens is 3. The molecular formula is C15H22N5OS2+. The zero-order valence-electron chi connectivity index (χ0n) is 13.4. The van der Waals surface area contributed by atoms with E-state index in [1.165, 1.54) is 9.78 Å². The molecule has 3 rings (SSSR count). The van der Waals surface area contributed by atoms with Gasteiger partial charge in [-0.05, 0) is 17.7 Å². The molecule has 1 fully saturated rings. The summed E-state index contributed by atoms with van der Waals surface area (Å²) < 4.78 is 2.06. The van der Waals surface area contributed by atoms with Crippen LogP contribution in [-0.4, -0.2) is 40.0 Å². The Morgan fingerprint density at radius 1 is 1.57 bits per heavy atom. The van der Waals surface area contributed by atoms with Crippen LogP contribution in [0.5, 0.6) is 0 Å². The van der Waals surface area contributed by atoms with Gasteiger partial charge < -0.3 is 14.8 Å². The smallest absolute Gasteiger partial charge is 0.275 e. The summed E-state index contributed by atoms with van der Waals surface area (Å²) in [6.45, 7) is 2.13. The lowest BCUT2D eigenvalue weighted by atomic mass is 10.2. The van der Waals surface area contributed by atoms with Gasteiger partial charge in [-0.2, -0.15) is 0 Å². The van der Waals surface area contributed by atoms with Crippen LogP contribution < -0.4 is 10.2 Å². The van der Waals surface area contributed by atoms with Crippen LogP contribution in [-0.2, 0) is 18.4 Å². The number of carbonyl (C=O) groups is 1. The standard InChI is InChI=1S/C15H21N5OS2/c1-19-14(17-18-15(19)22-2)12-6-3-7-20(12)10-13(21)16-9-11-5-4-8-23-11/h4-5,8,12H,3,6-7,9-10H2,1-2H3,(H,16,21)/p+1/t12-/m0/s1. The molecule has 3 heterocycles. The maximum Gasteiger partial charge on any atom is 0.275 e. The Morgan fingerprint density at radius 3 is 3.13 bits per heavy atom. The number of amides is 1. The predicted molar refractivity (Wildman–Crippen MR) is 91.6 cm³/mol. The molecule has 23 heavy (non-hydrogen) atoms. The van der Waals surface area contributed by atoms with Gasteiger partial charge in [0.05, 0.1) is 13.1 Å². The van der Waals surface area contributed by atoms with Crippen LogP contribution in [0.25, 0.3) is 0 Å². The quantitative estimate of drug-likeness (QED) is 0.749. The highest BCUT2D eigenvalue weighted by Crippen LogP contribution is 2.20.